The standard InChI is InChI=1S/C23H33FN4O6S/c1-20(2,3)33-18(29)26-17-23(11-28(12-23)19(30)34-21(4,5)6)35(31,32)13-22(7,27-17)15-10-14(25)8-9-16(15)24/h8-10H,11-13,25H2,1-7H3,(H,26,27,29). The van der Waals surface area contributed by atoms with Crippen LogP contribution in [0, 0.1) is 5.82 Å². The second kappa shape index (κ2) is 8.35. The molecule has 35 heavy (non-hydrogen) atoms. The van der Waals surface area contributed by atoms with Gasteiger partial charge in [-0.1, -0.05) is 0 Å². The summed E-state index contributed by atoms with van der Waals surface area (Å²) in [6.45, 7) is 10.9. The zero-order chi connectivity index (χ0) is 26.6. The van der Waals surface area contributed by atoms with Gasteiger partial charge >= 0.3 is 12.2 Å². The normalized spacial score (nSPS) is 24.5. The monoisotopic (exact) mass is 512 g/mol. The SMILES string of the molecule is CC(C)(C)OC(=O)/N=C1/NC(C)(c2cc(N)ccc2F)CS(=O)(=O)C12CN(C(=O)OC(C)(C)C)C2. The molecule has 1 aromatic carbocycles. The Balaban J connectivity index is 2.05. The van der Waals surface area contributed by atoms with E-state index < -0.39 is 55.1 Å². The number of likely N-dealkylation sites (tertiary alicyclic amines) is 1. The highest BCUT2D eigenvalue weighted by Gasteiger charge is 2.64. The van der Waals surface area contributed by atoms with Crippen molar-refractivity contribution in [3.05, 3.63) is 29.6 Å². The van der Waals surface area contributed by atoms with Gasteiger partial charge in [-0.2, -0.15) is 4.99 Å². The van der Waals surface area contributed by atoms with E-state index in [-0.39, 0.29) is 30.2 Å². The van der Waals surface area contributed by atoms with Crippen LogP contribution >= 0.6 is 0 Å². The van der Waals surface area contributed by atoms with Crippen LogP contribution in [0.5, 0.6) is 0 Å². The molecule has 194 valence electrons. The highest BCUT2D eigenvalue weighted by molar-refractivity contribution is 7.94. The van der Waals surface area contributed by atoms with Crippen LogP contribution in [0.25, 0.3) is 0 Å². The van der Waals surface area contributed by atoms with Gasteiger partial charge in [0.25, 0.3) is 0 Å². The topological polar surface area (TPSA) is 140 Å². The first-order chi connectivity index (χ1) is 15.8. The summed E-state index contributed by atoms with van der Waals surface area (Å²) in [5.41, 5.74) is 2.94. The number of hydrogen-bond donors (Lipinski definition) is 2. The number of carbonyl (C=O) groups excluding carboxylic acids is 2. The summed E-state index contributed by atoms with van der Waals surface area (Å²) in [7, 11) is -4.08. The van der Waals surface area contributed by atoms with Gasteiger partial charge in [-0.25, -0.2) is 22.4 Å². The summed E-state index contributed by atoms with van der Waals surface area (Å²) >= 11 is 0. The lowest BCUT2D eigenvalue weighted by Gasteiger charge is -2.54. The quantitative estimate of drug-likeness (QED) is 0.547. The third kappa shape index (κ3) is 5.36. The molecule has 1 aromatic rings. The van der Waals surface area contributed by atoms with E-state index in [9.17, 15) is 22.4 Å². The second-order valence-electron chi connectivity index (χ2n) is 11.2. The summed E-state index contributed by atoms with van der Waals surface area (Å²) in [5, 5.41) is 2.98. The fraction of sp³-hybridized carbons (Fsp3) is 0.609. The van der Waals surface area contributed by atoms with Gasteiger partial charge in [-0.15, -0.1) is 0 Å². The van der Waals surface area contributed by atoms with E-state index in [4.69, 9.17) is 15.2 Å². The van der Waals surface area contributed by atoms with E-state index in [2.05, 4.69) is 10.3 Å². The van der Waals surface area contributed by atoms with Gasteiger partial charge in [0.05, 0.1) is 24.4 Å². The Kier molecular flexibility index (Phi) is 6.37. The Hall–Kier alpha value is -2.89. The molecule has 0 radical (unpaired) electrons. The third-order valence-corrected chi connectivity index (χ3v) is 8.23. The molecule has 2 amide bonds. The van der Waals surface area contributed by atoms with Crippen LogP contribution in [0.3, 0.4) is 0 Å². The summed E-state index contributed by atoms with van der Waals surface area (Å²) in [6.07, 6.45) is -1.70. The van der Waals surface area contributed by atoms with Gasteiger partial charge in [0.15, 0.2) is 14.6 Å². The fourth-order valence-electron chi connectivity index (χ4n) is 4.07. The number of anilines is 1. The number of hydrogen-bond acceptors (Lipinski definition) is 7. The van der Waals surface area contributed by atoms with Crippen molar-refractivity contribution in [2.75, 3.05) is 24.6 Å². The van der Waals surface area contributed by atoms with Gasteiger partial charge in [-0.3, -0.25) is 0 Å². The maximum absolute atomic E-state index is 14.8. The fourth-order valence-corrected chi connectivity index (χ4v) is 6.43. The first kappa shape index (κ1) is 26.7. The number of amides is 2. The van der Waals surface area contributed by atoms with Crippen LogP contribution in [-0.2, 0) is 24.8 Å². The number of nitrogens with one attached hydrogen (secondary N) is 1. The number of benzene rings is 1. The van der Waals surface area contributed by atoms with E-state index in [0.717, 1.165) is 6.07 Å². The minimum atomic E-state index is -4.08. The highest BCUT2D eigenvalue weighted by Crippen LogP contribution is 2.41. The number of sulfone groups is 1. The number of halogens is 1. The molecule has 1 atom stereocenters. The zero-order valence-corrected chi connectivity index (χ0v) is 21.9. The van der Waals surface area contributed by atoms with Crippen LogP contribution in [-0.4, -0.2) is 66.1 Å². The van der Waals surface area contributed by atoms with Crippen molar-refractivity contribution in [3.8, 4) is 0 Å². The van der Waals surface area contributed by atoms with Crippen LogP contribution in [0.4, 0.5) is 19.7 Å². The number of rotatable bonds is 1. The van der Waals surface area contributed by atoms with Crippen molar-refractivity contribution >= 4 is 33.5 Å². The molecule has 2 fully saturated rings. The molecule has 0 aliphatic carbocycles. The lowest BCUT2D eigenvalue weighted by Crippen LogP contribution is -2.79. The average Bonchev–Trinajstić information content (AvgIpc) is 2.57. The minimum Gasteiger partial charge on any atom is -0.444 e. The second-order valence-corrected chi connectivity index (χ2v) is 13.5. The number of ether oxygens (including phenoxy) is 2. The molecule has 2 saturated heterocycles. The first-order valence-corrected chi connectivity index (χ1v) is 12.8. The van der Waals surface area contributed by atoms with Crippen molar-refractivity contribution < 1.29 is 31.9 Å². The van der Waals surface area contributed by atoms with Gasteiger partial charge < -0.3 is 25.4 Å². The molecule has 3 N–H and O–H groups in total. The Morgan fingerprint density at radius 2 is 1.69 bits per heavy atom. The van der Waals surface area contributed by atoms with Crippen LogP contribution in [0.2, 0.25) is 0 Å². The molecule has 0 aromatic heterocycles. The van der Waals surface area contributed by atoms with Crippen LogP contribution in [0.1, 0.15) is 54.0 Å². The molecule has 1 unspecified atom stereocenters. The number of carbonyl (C=O) groups is 2. The number of nitrogens with zero attached hydrogens (tertiary/aromatic N) is 2. The number of nitrogen functional groups attached to an aromatic ring is 1. The molecule has 2 aliphatic heterocycles. The van der Waals surface area contributed by atoms with Crippen molar-refractivity contribution in [2.45, 2.75) is 70.0 Å². The molecule has 10 nitrogen and oxygen atoms in total. The van der Waals surface area contributed by atoms with E-state index >= 15 is 0 Å². The van der Waals surface area contributed by atoms with Gasteiger partial charge in [0.2, 0.25) is 0 Å². The smallest absolute Gasteiger partial charge is 0.435 e. The molecule has 2 aliphatic rings. The predicted molar refractivity (Wildman–Crippen MR) is 129 cm³/mol. The lowest BCUT2D eigenvalue weighted by molar-refractivity contribution is 0.00911. The molecule has 0 saturated carbocycles. The maximum Gasteiger partial charge on any atom is 0.435 e. The Labute approximate surface area is 205 Å². The molecule has 1 spiro atoms. The molecule has 2 heterocycles. The number of amidine groups is 1. The Bertz CT molecular complexity index is 1180. The molecular weight excluding hydrogens is 479 g/mol. The average molecular weight is 513 g/mol. The summed E-state index contributed by atoms with van der Waals surface area (Å²) in [6, 6.07) is 3.85. The van der Waals surface area contributed by atoms with Crippen molar-refractivity contribution in [1.82, 2.24) is 10.2 Å². The molecular formula is C23H33FN4O6S. The van der Waals surface area contributed by atoms with E-state index in [0.29, 0.717) is 0 Å². The summed E-state index contributed by atoms with van der Waals surface area (Å²) in [5.74, 6) is -1.40. The van der Waals surface area contributed by atoms with E-state index in [1.807, 2.05) is 0 Å². The zero-order valence-electron chi connectivity index (χ0n) is 21.1. The summed E-state index contributed by atoms with van der Waals surface area (Å²) in [4.78, 5) is 30.3. The van der Waals surface area contributed by atoms with Crippen molar-refractivity contribution in [1.29, 1.82) is 0 Å². The van der Waals surface area contributed by atoms with Crippen LogP contribution < -0.4 is 11.1 Å². The van der Waals surface area contributed by atoms with Crippen molar-refractivity contribution in [3.63, 3.8) is 0 Å². The van der Waals surface area contributed by atoms with E-state index in [1.165, 1.54) is 24.0 Å². The van der Waals surface area contributed by atoms with Gasteiger partial charge in [0, 0.05) is 11.3 Å². The van der Waals surface area contributed by atoms with Crippen LogP contribution in [0.15, 0.2) is 23.2 Å². The molecule has 3 rings (SSSR count). The lowest BCUT2D eigenvalue weighted by atomic mass is 9.89. The summed E-state index contributed by atoms with van der Waals surface area (Å²) < 4.78 is 51.1. The maximum atomic E-state index is 14.8. The predicted octanol–water partition coefficient (Wildman–Crippen LogP) is 2.96. The highest BCUT2D eigenvalue weighted by atomic mass is 32.2. The van der Waals surface area contributed by atoms with Gasteiger partial charge in [0.1, 0.15) is 22.9 Å². The molecule has 12 heteroatoms. The minimum absolute atomic E-state index is 0.0103. The van der Waals surface area contributed by atoms with Gasteiger partial charge in [-0.05, 0) is 66.7 Å². The third-order valence-electron chi connectivity index (χ3n) is 5.63. The first-order valence-electron chi connectivity index (χ1n) is 11.1. The Morgan fingerprint density at radius 3 is 2.23 bits per heavy atom. The molecule has 0 bridgehead atoms. The Morgan fingerprint density at radius 1 is 1.11 bits per heavy atom. The largest absolute Gasteiger partial charge is 0.444 e. The number of nitrogens with two attached hydrogens (primary N) is 1. The number of aliphatic imine (C=N–C) groups is 1. The van der Waals surface area contributed by atoms with E-state index in [1.54, 1.807) is 41.5 Å². The van der Waals surface area contributed by atoms with Crippen molar-refractivity contribution in [2.24, 2.45) is 4.99 Å².